The van der Waals surface area contributed by atoms with E-state index in [2.05, 4.69) is 44.6 Å². The molecule has 1 aromatic rings. The van der Waals surface area contributed by atoms with Gasteiger partial charge >= 0.3 is 0 Å². The second kappa shape index (κ2) is 4.81. The average molecular weight is 247 g/mol. The second-order valence-corrected chi connectivity index (χ2v) is 6.73. The first-order chi connectivity index (χ1) is 6.80. The molecule has 0 fully saturated rings. The van der Waals surface area contributed by atoms with Gasteiger partial charge in [0.1, 0.15) is 0 Å². The maximum atomic E-state index is 5.80. The highest BCUT2D eigenvalue weighted by Crippen LogP contribution is 2.26. The van der Waals surface area contributed by atoms with Gasteiger partial charge in [-0.05, 0) is 19.4 Å². The van der Waals surface area contributed by atoms with Crippen LogP contribution in [0.1, 0.15) is 32.6 Å². The van der Waals surface area contributed by atoms with Gasteiger partial charge in [-0.2, -0.15) is 0 Å². The third kappa shape index (κ3) is 3.74. The molecule has 1 rings (SSSR count). The van der Waals surface area contributed by atoms with Crippen molar-refractivity contribution < 1.29 is 0 Å². The zero-order chi connectivity index (χ0) is 11.6. The monoisotopic (exact) mass is 246 g/mol. The third-order valence-corrected chi connectivity index (χ3v) is 3.94. The Morgan fingerprint density at radius 1 is 1.53 bits per heavy atom. The number of nitrogens with zero attached hydrogens (tertiary/aromatic N) is 2. The number of hydrogen-bond acceptors (Lipinski definition) is 3. The van der Waals surface area contributed by atoms with Gasteiger partial charge < -0.3 is 0 Å². The molecule has 0 radical (unpaired) electrons. The summed E-state index contributed by atoms with van der Waals surface area (Å²) in [6.07, 6.45) is 1.86. The number of thiazole rings is 1. The molecule has 4 heteroatoms. The number of rotatable bonds is 3. The van der Waals surface area contributed by atoms with Crippen LogP contribution in [0.15, 0.2) is 6.20 Å². The molecule has 1 heterocycles. The summed E-state index contributed by atoms with van der Waals surface area (Å²) in [6.45, 7) is 9.95. The molecule has 0 aromatic carbocycles. The lowest BCUT2D eigenvalue weighted by molar-refractivity contribution is 0.135. The topological polar surface area (TPSA) is 16.1 Å². The van der Waals surface area contributed by atoms with Crippen LogP contribution < -0.4 is 0 Å². The highest BCUT2D eigenvalue weighted by Gasteiger charge is 2.24. The van der Waals surface area contributed by atoms with E-state index in [0.29, 0.717) is 15.9 Å². The van der Waals surface area contributed by atoms with Crippen molar-refractivity contribution in [3.63, 3.8) is 0 Å². The minimum absolute atomic E-state index is 0.295. The lowest BCUT2D eigenvalue weighted by Gasteiger charge is -2.35. The summed E-state index contributed by atoms with van der Waals surface area (Å²) in [4.78, 5) is 7.61. The van der Waals surface area contributed by atoms with Crippen LogP contribution in [0.5, 0.6) is 0 Å². The van der Waals surface area contributed by atoms with E-state index in [-0.39, 0.29) is 0 Å². The SMILES string of the molecule is CC(N(C)Cc1cnc(Cl)s1)C(C)(C)C. The average Bonchev–Trinajstić information content (AvgIpc) is 2.48. The summed E-state index contributed by atoms with van der Waals surface area (Å²) in [6, 6.07) is 0.526. The first-order valence-electron chi connectivity index (χ1n) is 5.11. The Labute approximate surface area is 101 Å². The van der Waals surface area contributed by atoms with Gasteiger partial charge in [0.15, 0.2) is 4.47 Å². The lowest BCUT2D eigenvalue weighted by atomic mass is 9.87. The molecule has 2 nitrogen and oxygen atoms in total. The zero-order valence-corrected chi connectivity index (χ0v) is 11.6. The Hall–Kier alpha value is -0.120. The summed E-state index contributed by atoms with van der Waals surface area (Å²) in [5, 5.41) is 0. The van der Waals surface area contributed by atoms with Crippen molar-refractivity contribution in [3.05, 3.63) is 15.5 Å². The lowest BCUT2D eigenvalue weighted by Crippen LogP contribution is -2.38. The Morgan fingerprint density at radius 2 is 2.13 bits per heavy atom. The van der Waals surface area contributed by atoms with E-state index in [1.54, 1.807) is 11.3 Å². The Bertz CT molecular complexity index is 317. The largest absolute Gasteiger partial charge is 0.298 e. The number of hydrogen-bond donors (Lipinski definition) is 0. The third-order valence-electron chi connectivity index (χ3n) is 2.85. The molecular formula is C11H19ClN2S. The van der Waals surface area contributed by atoms with Crippen LogP contribution in [0.4, 0.5) is 0 Å². The molecule has 0 aliphatic rings. The molecule has 0 spiro atoms. The quantitative estimate of drug-likeness (QED) is 0.809. The predicted octanol–water partition coefficient (Wildman–Crippen LogP) is 3.66. The van der Waals surface area contributed by atoms with Crippen molar-refractivity contribution in [2.45, 2.75) is 40.3 Å². The molecular weight excluding hydrogens is 228 g/mol. The smallest absolute Gasteiger partial charge is 0.183 e. The van der Waals surface area contributed by atoms with E-state index in [1.165, 1.54) is 4.88 Å². The summed E-state index contributed by atoms with van der Waals surface area (Å²) < 4.78 is 0.627. The molecule has 15 heavy (non-hydrogen) atoms. The standard InChI is InChI=1S/C11H19ClN2S/c1-8(11(2,3)4)14(5)7-9-6-13-10(12)15-9/h6,8H,7H2,1-5H3. The molecule has 0 saturated carbocycles. The molecule has 1 aromatic heterocycles. The predicted molar refractivity (Wildman–Crippen MR) is 67.5 cm³/mol. The fourth-order valence-corrected chi connectivity index (χ4v) is 2.44. The van der Waals surface area contributed by atoms with Gasteiger partial charge in [0.25, 0.3) is 0 Å². The van der Waals surface area contributed by atoms with Gasteiger partial charge in [0.05, 0.1) is 0 Å². The van der Waals surface area contributed by atoms with E-state index in [4.69, 9.17) is 11.6 Å². The highest BCUT2D eigenvalue weighted by molar-refractivity contribution is 7.15. The Balaban J connectivity index is 2.59. The Kier molecular flexibility index (Phi) is 4.15. The van der Waals surface area contributed by atoms with Crippen molar-refractivity contribution in [2.24, 2.45) is 5.41 Å². The summed E-state index contributed by atoms with van der Waals surface area (Å²) in [5.41, 5.74) is 0.295. The minimum atomic E-state index is 0.295. The normalized spacial score (nSPS) is 14.6. The van der Waals surface area contributed by atoms with Crippen LogP contribution in [0.3, 0.4) is 0 Å². The highest BCUT2D eigenvalue weighted by atomic mass is 35.5. The van der Waals surface area contributed by atoms with Crippen LogP contribution in [0.25, 0.3) is 0 Å². The molecule has 0 amide bonds. The van der Waals surface area contributed by atoms with Crippen LogP contribution in [-0.2, 0) is 6.54 Å². The van der Waals surface area contributed by atoms with E-state index >= 15 is 0 Å². The maximum absolute atomic E-state index is 5.80. The first kappa shape index (κ1) is 12.9. The van der Waals surface area contributed by atoms with Gasteiger partial charge in [-0.15, -0.1) is 11.3 Å². The van der Waals surface area contributed by atoms with Crippen molar-refractivity contribution in [2.75, 3.05) is 7.05 Å². The molecule has 1 unspecified atom stereocenters. The van der Waals surface area contributed by atoms with Gasteiger partial charge in [0.2, 0.25) is 0 Å². The van der Waals surface area contributed by atoms with Crippen LogP contribution in [-0.4, -0.2) is 23.0 Å². The Morgan fingerprint density at radius 3 is 2.53 bits per heavy atom. The van der Waals surface area contributed by atoms with Crippen molar-refractivity contribution >= 4 is 22.9 Å². The van der Waals surface area contributed by atoms with Crippen LogP contribution in [0, 0.1) is 5.41 Å². The van der Waals surface area contributed by atoms with Crippen molar-refractivity contribution in [1.82, 2.24) is 9.88 Å². The molecule has 1 atom stereocenters. The maximum Gasteiger partial charge on any atom is 0.183 e. The van der Waals surface area contributed by atoms with Crippen molar-refractivity contribution in [3.8, 4) is 0 Å². The summed E-state index contributed by atoms with van der Waals surface area (Å²) in [5.74, 6) is 0. The molecule has 0 saturated heterocycles. The summed E-state index contributed by atoms with van der Waals surface area (Å²) in [7, 11) is 2.14. The fraction of sp³-hybridized carbons (Fsp3) is 0.727. The number of halogens is 1. The van der Waals surface area contributed by atoms with Gasteiger partial charge in [0, 0.05) is 23.7 Å². The van der Waals surface area contributed by atoms with E-state index < -0.39 is 0 Å². The van der Waals surface area contributed by atoms with Crippen molar-refractivity contribution in [1.29, 1.82) is 0 Å². The molecule has 0 N–H and O–H groups in total. The van der Waals surface area contributed by atoms with Gasteiger partial charge in [-0.25, -0.2) is 4.98 Å². The molecule has 0 aliphatic carbocycles. The first-order valence-corrected chi connectivity index (χ1v) is 6.30. The zero-order valence-electron chi connectivity index (χ0n) is 10.0. The van der Waals surface area contributed by atoms with E-state index in [0.717, 1.165) is 6.54 Å². The molecule has 0 aliphatic heterocycles. The van der Waals surface area contributed by atoms with Crippen LogP contribution in [0.2, 0.25) is 4.47 Å². The minimum Gasteiger partial charge on any atom is -0.298 e. The molecule has 0 bridgehead atoms. The van der Waals surface area contributed by atoms with E-state index in [1.807, 2.05) is 6.20 Å². The fourth-order valence-electron chi connectivity index (χ4n) is 1.40. The van der Waals surface area contributed by atoms with Crippen LogP contribution >= 0.6 is 22.9 Å². The van der Waals surface area contributed by atoms with Gasteiger partial charge in [-0.1, -0.05) is 32.4 Å². The summed E-state index contributed by atoms with van der Waals surface area (Å²) >= 11 is 7.36. The molecule has 86 valence electrons. The van der Waals surface area contributed by atoms with E-state index in [9.17, 15) is 0 Å². The van der Waals surface area contributed by atoms with Gasteiger partial charge in [-0.3, -0.25) is 4.90 Å². The second-order valence-electron chi connectivity index (χ2n) is 5.04. The number of aromatic nitrogens is 1.